The summed E-state index contributed by atoms with van der Waals surface area (Å²) in [5.41, 5.74) is 0.607. The van der Waals surface area contributed by atoms with Crippen molar-refractivity contribution in [3.8, 4) is 5.75 Å². The van der Waals surface area contributed by atoms with Gasteiger partial charge in [-0.3, -0.25) is 9.59 Å². The Hall–Kier alpha value is -2.30. The predicted molar refractivity (Wildman–Crippen MR) is 85.5 cm³/mol. The van der Waals surface area contributed by atoms with Crippen LogP contribution in [-0.4, -0.2) is 28.6 Å². The molecule has 0 fully saturated rings. The Morgan fingerprint density at radius 2 is 1.73 bits per heavy atom. The zero-order valence-corrected chi connectivity index (χ0v) is 12.6. The van der Waals surface area contributed by atoms with E-state index in [1.165, 1.54) is 6.08 Å². The Morgan fingerprint density at radius 1 is 1.05 bits per heavy atom. The topological polar surface area (TPSA) is 86.6 Å². The molecule has 1 aromatic carbocycles. The highest BCUT2D eigenvalue weighted by Gasteiger charge is 1.99. The fourth-order valence-corrected chi connectivity index (χ4v) is 2.00. The number of carbonyl (C=O) groups excluding carboxylic acids is 1. The van der Waals surface area contributed by atoms with Crippen LogP contribution in [0.3, 0.4) is 0 Å². The van der Waals surface area contributed by atoms with Crippen LogP contribution < -0.4 is 5.32 Å². The van der Waals surface area contributed by atoms with Crippen LogP contribution in [0.15, 0.2) is 30.3 Å². The maximum atomic E-state index is 11.6. The van der Waals surface area contributed by atoms with Gasteiger partial charge in [-0.15, -0.1) is 0 Å². The maximum absolute atomic E-state index is 11.6. The van der Waals surface area contributed by atoms with Gasteiger partial charge in [0.1, 0.15) is 5.75 Å². The highest BCUT2D eigenvalue weighted by molar-refractivity contribution is 5.92. The first-order chi connectivity index (χ1) is 10.6. The molecule has 5 nitrogen and oxygen atoms in total. The van der Waals surface area contributed by atoms with E-state index in [1.54, 1.807) is 30.3 Å². The average Bonchev–Trinajstić information content (AvgIpc) is 2.49. The van der Waals surface area contributed by atoms with Crippen molar-refractivity contribution < 1.29 is 19.8 Å². The number of carbonyl (C=O) groups is 2. The van der Waals surface area contributed by atoms with E-state index < -0.39 is 5.97 Å². The highest BCUT2D eigenvalue weighted by Crippen LogP contribution is 2.16. The zero-order chi connectivity index (χ0) is 16.2. The number of rotatable bonds is 10. The number of carboxylic acids is 1. The van der Waals surface area contributed by atoms with E-state index in [1.807, 2.05) is 0 Å². The summed E-state index contributed by atoms with van der Waals surface area (Å²) in [4.78, 5) is 21.9. The molecule has 0 aliphatic rings. The summed E-state index contributed by atoms with van der Waals surface area (Å²) >= 11 is 0. The average molecular weight is 305 g/mol. The van der Waals surface area contributed by atoms with E-state index in [2.05, 4.69) is 5.32 Å². The van der Waals surface area contributed by atoms with Crippen molar-refractivity contribution in [1.82, 2.24) is 5.32 Å². The third kappa shape index (κ3) is 8.09. The van der Waals surface area contributed by atoms with Gasteiger partial charge in [-0.1, -0.05) is 37.5 Å². The van der Waals surface area contributed by atoms with Crippen LogP contribution in [0.4, 0.5) is 0 Å². The van der Waals surface area contributed by atoms with Crippen LogP contribution in [0.1, 0.15) is 44.1 Å². The number of para-hydroxylation sites is 1. The van der Waals surface area contributed by atoms with E-state index in [4.69, 9.17) is 5.11 Å². The fraction of sp³-hybridized carbons (Fsp3) is 0.412. The van der Waals surface area contributed by atoms with E-state index >= 15 is 0 Å². The van der Waals surface area contributed by atoms with Gasteiger partial charge >= 0.3 is 5.97 Å². The molecule has 120 valence electrons. The lowest BCUT2D eigenvalue weighted by Gasteiger charge is -2.02. The first-order valence-electron chi connectivity index (χ1n) is 7.55. The van der Waals surface area contributed by atoms with Crippen molar-refractivity contribution >= 4 is 18.0 Å². The molecule has 22 heavy (non-hydrogen) atoms. The third-order valence-electron chi connectivity index (χ3n) is 3.22. The Labute approximate surface area is 130 Å². The number of phenols is 1. The fourth-order valence-electron chi connectivity index (χ4n) is 2.00. The molecule has 0 saturated heterocycles. The monoisotopic (exact) mass is 305 g/mol. The van der Waals surface area contributed by atoms with Crippen molar-refractivity contribution in [3.05, 3.63) is 35.9 Å². The molecule has 1 aromatic rings. The summed E-state index contributed by atoms with van der Waals surface area (Å²) < 4.78 is 0. The SMILES string of the molecule is O=C(O)CCCCCCCNC(=O)/C=C/c1ccccc1O. The molecule has 3 N–H and O–H groups in total. The van der Waals surface area contributed by atoms with Crippen LogP contribution in [0, 0.1) is 0 Å². The second-order valence-electron chi connectivity index (χ2n) is 5.09. The molecule has 0 bridgehead atoms. The number of hydrogen-bond acceptors (Lipinski definition) is 3. The van der Waals surface area contributed by atoms with Crippen molar-refractivity contribution in [2.75, 3.05) is 6.54 Å². The van der Waals surface area contributed by atoms with Gasteiger partial charge in [-0.05, 0) is 25.0 Å². The number of carboxylic acid groups (broad SMARTS) is 1. The normalized spacial score (nSPS) is 10.7. The van der Waals surface area contributed by atoms with E-state index in [0.717, 1.165) is 25.7 Å². The minimum atomic E-state index is -0.747. The molecular weight excluding hydrogens is 282 g/mol. The number of aliphatic carboxylic acids is 1. The van der Waals surface area contributed by atoms with Crippen LogP contribution >= 0.6 is 0 Å². The molecule has 1 amide bonds. The molecule has 0 saturated carbocycles. The molecular formula is C17H23NO4. The standard InChI is InChI=1S/C17H23NO4/c19-15-9-6-5-8-14(15)11-12-16(20)18-13-7-3-1-2-4-10-17(21)22/h5-6,8-9,11-12,19H,1-4,7,10,13H2,(H,18,20)(H,21,22)/b12-11+. The summed E-state index contributed by atoms with van der Waals surface area (Å²) in [7, 11) is 0. The quantitative estimate of drug-likeness (QED) is 0.458. The molecule has 1 rings (SSSR count). The molecule has 0 aromatic heterocycles. The number of amides is 1. The maximum Gasteiger partial charge on any atom is 0.303 e. The molecule has 0 aliphatic carbocycles. The van der Waals surface area contributed by atoms with Gasteiger partial charge in [0.15, 0.2) is 0 Å². The first kappa shape index (κ1) is 17.8. The number of aromatic hydroxyl groups is 1. The Morgan fingerprint density at radius 3 is 2.45 bits per heavy atom. The number of unbranched alkanes of at least 4 members (excludes halogenated alkanes) is 4. The number of phenolic OH excluding ortho intramolecular Hbond substituents is 1. The lowest BCUT2D eigenvalue weighted by Crippen LogP contribution is -2.21. The van der Waals surface area contributed by atoms with Crippen LogP contribution in [-0.2, 0) is 9.59 Å². The molecule has 0 spiro atoms. The summed E-state index contributed by atoms with van der Waals surface area (Å²) in [6.07, 6.45) is 7.67. The van der Waals surface area contributed by atoms with Gasteiger partial charge in [0.05, 0.1) is 0 Å². The second-order valence-corrected chi connectivity index (χ2v) is 5.09. The Bertz CT molecular complexity index is 511. The number of benzene rings is 1. The van der Waals surface area contributed by atoms with E-state index in [9.17, 15) is 14.7 Å². The summed E-state index contributed by atoms with van der Waals surface area (Å²) in [5, 5.41) is 20.8. The van der Waals surface area contributed by atoms with Crippen molar-refractivity contribution in [1.29, 1.82) is 0 Å². The lowest BCUT2D eigenvalue weighted by atomic mass is 10.1. The van der Waals surface area contributed by atoms with Gasteiger partial charge < -0.3 is 15.5 Å². The molecule has 0 atom stereocenters. The van der Waals surface area contributed by atoms with Gasteiger partial charge in [-0.2, -0.15) is 0 Å². The zero-order valence-electron chi connectivity index (χ0n) is 12.6. The van der Waals surface area contributed by atoms with Gasteiger partial charge in [0, 0.05) is 24.6 Å². The smallest absolute Gasteiger partial charge is 0.303 e. The summed E-state index contributed by atoms with van der Waals surface area (Å²) in [6.45, 7) is 0.600. The van der Waals surface area contributed by atoms with Crippen LogP contribution in [0.2, 0.25) is 0 Å². The third-order valence-corrected chi connectivity index (χ3v) is 3.22. The van der Waals surface area contributed by atoms with Gasteiger partial charge in [0.2, 0.25) is 5.91 Å². The number of hydrogen-bond donors (Lipinski definition) is 3. The van der Waals surface area contributed by atoms with E-state index in [0.29, 0.717) is 18.5 Å². The minimum Gasteiger partial charge on any atom is -0.507 e. The van der Waals surface area contributed by atoms with Crippen molar-refractivity contribution in [3.63, 3.8) is 0 Å². The minimum absolute atomic E-state index is 0.146. The predicted octanol–water partition coefficient (Wildman–Crippen LogP) is 2.95. The van der Waals surface area contributed by atoms with Crippen molar-refractivity contribution in [2.45, 2.75) is 38.5 Å². The van der Waals surface area contributed by atoms with Gasteiger partial charge in [0.25, 0.3) is 0 Å². The van der Waals surface area contributed by atoms with Crippen molar-refractivity contribution in [2.24, 2.45) is 0 Å². The Balaban J connectivity index is 2.09. The molecule has 0 heterocycles. The van der Waals surface area contributed by atoms with E-state index in [-0.39, 0.29) is 18.1 Å². The molecule has 0 radical (unpaired) electrons. The van der Waals surface area contributed by atoms with Crippen LogP contribution in [0.25, 0.3) is 6.08 Å². The Kier molecular flexibility index (Phi) is 8.42. The summed E-state index contributed by atoms with van der Waals surface area (Å²) in [5.74, 6) is -0.787. The molecule has 0 unspecified atom stereocenters. The second kappa shape index (κ2) is 10.4. The summed E-state index contributed by atoms with van der Waals surface area (Å²) in [6, 6.07) is 6.82. The largest absolute Gasteiger partial charge is 0.507 e. The van der Waals surface area contributed by atoms with Crippen LogP contribution in [0.5, 0.6) is 5.75 Å². The van der Waals surface area contributed by atoms with Gasteiger partial charge in [-0.25, -0.2) is 0 Å². The highest BCUT2D eigenvalue weighted by atomic mass is 16.4. The lowest BCUT2D eigenvalue weighted by molar-refractivity contribution is -0.137. The molecule has 0 aliphatic heterocycles. The molecule has 5 heteroatoms. The first-order valence-corrected chi connectivity index (χ1v) is 7.55. The number of nitrogens with one attached hydrogen (secondary N) is 1.